The van der Waals surface area contributed by atoms with Crippen molar-refractivity contribution in [1.29, 1.82) is 0 Å². The number of likely N-dealkylation sites (N-methyl/N-ethyl adjacent to an activating group) is 1. The number of nitrogens with one attached hydrogen (secondary N) is 1. The van der Waals surface area contributed by atoms with E-state index < -0.39 is 0 Å². The molecule has 0 radical (unpaired) electrons. The van der Waals surface area contributed by atoms with Gasteiger partial charge < -0.3 is 15.1 Å². The van der Waals surface area contributed by atoms with Crippen molar-refractivity contribution in [1.82, 2.24) is 9.80 Å². The number of para-hydroxylation sites is 1. The van der Waals surface area contributed by atoms with Crippen molar-refractivity contribution in [2.45, 2.75) is 6.92 Å². The standard InChI is InChI=1S/C21H26N4OS/c1-17-8-10-19(11-9-17)22-20(26)16-27-21(23-18-6-4-3-5-7-18)25-14-12-24(2)13-15-25/h3-11H,12-16H2,1-2H3,(H,22,26). The topological polar surface area (TPSA) is 47.9 Å². The summed E-state index contributed by atoms with van der Waals surface area (Å²) < 4.78 is 0. The fourth-order valence-electron chi connectivity index (χ4n) is 2.77. The average Bonchev–Trinajstić information content (AvgIpc) is 2.68. The van der Waals surface area contributed by atoms with Gasteiger partial charge in [0.05, 0.1) is 11.4 Å². The lowest BCUT2D eigenvalue weighted by Gasteiger charge is -2.34. The van der Waals surface area contributed by atoms with E-state index in [1.165, 1.54) is 17.3 Å². The molecule has 2 aromatic carbocycles. The molecule has 6 heteroatoms. The van der Waals surface area contributed by atoms with E-state index in [9.17, 15) is 4.79 Å². The van der Waals surface area contributed by atoms with Gasteiger partial charge >= 0.3 is 0 Å². The van der Waals surface area contributed by atoms with E-state index in [1.54, 1.807) is 0 Å². The highest BCUT2D eigenvalue weighted by Gasteiger charge is 2.19. The van der Waals surface area contributed by atoms with Crippen LogP contribution in [0.1, 0.15) is 5.56 Å². The Kier molecular flexibility index (Phi) is 6.90. The molecule has 142 valence electrons. The smallest absolute Gasteiger partial charge is 0.234 e. The highest BCUT2D eigenvalue weighted by Crippen LogP contribution is 2.19. The zero-order valence-corrected chi connectivity index (χ0v) is 16.7. The first-order chi connectivity index (χ1) is 13.1. The molecular weight excluding hydrogens is 356 g/mol. The number of benzene rings is 2. The third-order valence-corrected chi connectivity index (χ3v) is 5.44. The first-order valence-corrected chi connectivity index (χ1v) is 10.2. The molecule has 0 saturated carbocycles. The quantitative estimate of drug-likeness (QED) is 0.648. The van der Waals surface area contributed by atoms with Gasteiger partial charge in [-0.15, -0.1) is 0 Å². The molecule has 1 N–H and O–H groups in total. The maximum Gasteiger partial charge on any atom is 0.234 e. The largest absolute Gasteiger partial charge is 0.349 e. The van der Waals surface area contributed by atoms with E-state index in [1.807, 2.05) is 61.5 Å². The van der Waals surface area contributed by atoms with Crippen molar-refractivity contribution in [3.63, 3.8) is 0 Å². The summed E-state index contributed by atoms with van der Waals surface area (Å²) in [5.41, 5.74) is 2.92. The molecule has 27 heavy (non-hydrogen) atoms. The van der Waals surface area contributed by atoms with Crippen LogP contribution in [0, 0.1) is 6.92 Å². The van der Waals surface area contributed by atoms with Crippen LogP contribution < -0.4 is 5.32 Å². The third-order valence-electron chi connectivity index (χ3n) is 4.42. The maximum absolute atomic E-state index is 12.4. The van der Waals surface area contributed by atoms with Crippen molar-refractivity contribution < 1.29 is 4.79 Å². The number of aryl methyl sites for hydroxylation is 1. The minimum absolute atomic E-state index is 0.0151. The van der Waals surface area contributed by atoms with Gasteiger partial charge in [0.15, 0.2) is 5.17 Å². The fourth-order valence-corrected chi connectivity index (χ4v) is 3.64. The number of carbonyl (C=O) groups is 1. The Bertz CT molecular complexity index is 769. The van der Waals surface area contributed by atoms with Crippen molar-refractivity contribution in [3.8, 4) is 0 Å². The molecule has 2 aromatic rings. The number of amidine groups is 1. The van der Waals surface area contributed by atoms with Crippen molar-refractivity contribution in [3.05, 3.63) is 60.2 Å². The number of thioether (sulfide) groups is 1. The van der Waals surface area contributed by atoms with E-state index in [4.69, 9.17) is 4.99 Å². The van der Waals surface area contributed by atoms with Crippen LogP contribution in [-0.4, -0.2) is 59.9 Å². The minimum atomic E-state index is -0.0151. The predicted octanol–water partition coefficient (Wildman–Crippen LogP) is 3.60. The second-order valence-corrected chi connectivity index (χ2v) is 7.67. The number of amides is 1. The van der Waals surface area contributed by atoms with Gasteiger partial charge in [-0.1, -0.05) is 47.7 Å². The summed E-state index contributed by atoms with van der Waals surface area (Å²) in [5.74, 6) is 0.324. The van der Waals surface area contributed by atoms with Crippen LogP contribution in [0.3, 0.4) is 0 Å². The van der Waals surface area contributed by atoms with Gasteiger partial charge in [0.25, 0.3) is 0 Å². The van der Waals surface area contributed by atoms with Gasteiger partial charge in [-0.2, -0.15) is 0 Å². The van der Waals surface area contributed by atoms with Gasteiger partial charge in [0.1, 0.15) is 0 Å². The van der Waals surface area contributed by atoms with Crippen molar-refractivity contribution in [2.75, 3.05) is 44.3 Å². The van der Waals surface area contributed by atoms with Crippen LogP contribution >= 0.6 is 11.8 Å². The molecule has 1 amide bonds. The molecule has 0 atom stereocenters. The van der Waals surface area contributed by atoms with E-state index in [0.717, 1.165) is 42.7 Å². The van der Waals surface area contributed by atoms with Gasteiger partial charge in [0, 0.05) is 31.9 Å². The number of nitrogens with zero attached hydrogens (tertiary/aromatic N) is 3. The molecular formula is C21H26N4OS. The number of carbonyl (C=O) groups excluding carboxylic acids is 1. The zero-order chi connectivity index (χ0) is 19.1. The Labute approximate surface area is 165 Å². The van der Waals surface area contributed by atoms with Crippen molar-refractivity contribution in [2.24, 2.45) is 4.99 Å². The average molecular weight is 383 g/mol. The van der Waals surface area contributed by atoms with Crippen LogP contribution in [0.15, 0.2) is 59.6 Å². The molecule has 1 saturated heterocycles. The summed E-state index contributed by atoms with van der Waals surface area (Å²) in [5, 5.41) is 3.87. The number of hydrogen-bond acceptors (Lipinski definition) is 4. The minimum Gasteiger partial charge on any atom is -0.349 e. The van der Waals surface area contributed by atoms with Crippen molar-refractivity contribution >= 4 is 34.2 Å². The monoisotopic (exact) mass is 382 g/mol. The van der Waals surface area contributed by atoms with E-state index in [0.29, 0.717) is 5.75 Å². The Morgan fingerprint density at radius 2 is 1.70 bits per heavy atom. The van der Waals surface area contributed by atoms with Crippen LogP contribution in [0.25, 0.3) is 0 Å². The molecule has 3 rings (SSSR count). The second kappa shape index (κ2) is 9.58. The lowest BCUT2D eigenvalue weighted by molar-refractivity contribution is -0.113. The molecule has 0 aromatic heterocycles. The lowest BCUT2D eigenvalue weighted by Crippen LogP contribution is -2.46. The molecule has 0 bridgehead atoms. The van der Waals surface area contributed by atoms with E-state index in [-0.39, 0.29) is 5.91 Å². The third kappa shape index (κ3) is 6.12. The summed E-state index contributed by atoms with van der Waals surface area (Å²) in [4.78, 5) is 21.8. The summed E-state index contributed by atoms with van der Waals surface area (Å²) in [6.07, 6.45) is 0. The molecule has 0 unspecified atom stereocenters. The Morgan fingerprint density at radius 1 is 1.04 bits per heavy atom. The summed E-state index contributed by atoms with van der Waals surface area (Å²) in [6.45, 7) is 5.89. The summed E-state index contributed by atoms with van der Waals surface area (Å²) in [6, 6.07) is 17.8. The molecule has 1 aliphatic heterocycles. The zero-order valence-electron chi connectivity index (χ0n) is 15.9. The number of piperazine rings is 1. The van der Waals surface area contributed by atoms with Crippen LogP contribution in [0.2, 0.25) is 0 Å². The first kappa shape index (κ1) is 19.5. The molecule has 1 aliphatic rings. The first-order valence-electron chi connectivity index (χ1n) is 9.17. The van der Waals surface area contributed by atoms with Gasteiger partial charge in [-0.25, -0.2) is 4.99 Å². The van der Waals surface area contributed by atoms with Gasteiger partial charge in [0.2, 0.25) is 5.91 Å². The van der Waals surface area contributed by atoms with Crippen LogP contribution in [0.4, 0.5) is 11.4 Å². The Hall–Kier alpha value is -2.31. The maximum atomic E-state index is 12.4. The van der Waals surface area contributed by atoms with E-state index in [2.05, 4.69) is 22.2 Å². The normalized spacial score (nSPS) is 15.6. The molecule has 1 fully saturated rings. The highest BCUT2D eigenvalue weighted by atomic mass is 32.2. The van der Waals surface area contributed by atoms with Gasteiger partial charge in [-0.3, -0.25) is 4.79 Å². The lowest BCUT2D eigenvalue weighted by atomic mass is 10.2. The summed E-state index contributed by atoms with van der Waals surface area (Å²) in [7, 11) is 2.13. The van der Waals surface area contributed by atoms with Gasteiger partial charge in [-0.05, 0) is 38.2 Å². The van der Waals surface area contributed by atoms with Crippen LogP contribution in [0.5, 0.6) is 0 Å². The molecule has 0 spiro atoms. The Morgan fingerprint density at radius 3 is 2.37 bits per heavy atom. The SMILES string of the molecule is Cc1ccc(NC(=O)CSC(=Nc2ccccc2)N2CCN(C)CC2)cc1. The second-order valence-electron chi connectivity index (χ2n) is 6.72. The predicted molar refractivity (Wildman–Crippen MR) is 115 cm³/mol. The fraction of sp³-hybridized carbons (Fsp3) is 0.333. The summed E-state index contributed by atoms with van der Waals surface area (Å²) >= 11 is 1.50. The number of anilines is 1. The molecule has 0 aliphatic carbocycles. The molecule has 5 nitrogen and oxygen atoms in total. The number of aliphatic imine (C=N–C) groups is 1. The van der Waals surface area contributed by atoms with Crippen LogP contribution in [-0.2, 0) is 4.79 Å². The van der Waals surface area contributed by atoms with E-state index >= 15 is 0 Å². The number of hydrogen-bond donors (Lipinski definition) is 1. The molecule has 1 heterocycles. The Balaban J connectivity index is 1.64. The number of rotatable bonds is 4. The highest BCUT2D eigenvalue weighted by molar-refractivity contribution is 8.14.